The first-order chi connectivity index (χ1) is 18.0. The Morgan fingerprint density at radius 2 is 1.76 bits per heavy atom. The number of phenolic OH excluding ortho intramolecular Hbond substituents is 1. The van der Waals surface area contributed by atoms with Gasteiger partial charge in [0.1, 0.15) is 10.8 Å². The molecule has 5 aromatic rings. The summed E-state index contributed by atoms with van der Waals surface area (Å²) in [6.45, 7) is 4.82. The van der Waals surface area contributed by atoms with Gasteiger partial charge in [-0.05, 0) is 92.3 Å². The number of thiazole rings is 1. The minimum Gasteiger partial charge on any atom is -0.508 e. The third-order valence-electron chi connectivity index (χ3n) is 6.60. The SMILES string of the molecule is Cc1cc(C)cc(-c2[nH]c3ccc(-c4nccs4)cc3c2CCNC(=O)CCCc2ccc(O)cc2)c1. The standard InChI is InChI=1S/C31H31N3O2S/c1-20-16-21(2)18-24(17-20)30-26(27-19-23(8-11-28(27)34-30)31-33-14-15-37-31)12-13-32-29(36)5-3-4-22-6-9-25(35)10-7-22/h6-11,14-19,34-35H,3-5,12-13H2,1-2H3,(H,32,36). The van der Waals surface area contributed by atoms with Gasteiger partial charge in [0.15, 0.2) is 0 Å². The van der Waals surface area contributed by atoms with Gasteiger partial charge in [-0.25, -0.2) is 4.98 Å². The number of rotatable bonds is 9. The Morgan fingerprint density at radius 3 is 2.49 bits per heavy atom. The van der Waals surface area contributed by atoms with E-state index in [9.17, 15) is 9.90 Å². The molecule has 0 saturated carbocycles. The molecule has 0 spiro atoms. The minimum atomic E-state index is 0.0649. The molecule has 3 aromatic carbocycles. The molecule has 0 fully saturated rings. The van der Waals surface area contributed by atoms with Gasteiger partial charge in [0.25, 0.3) is 0 Å². The van der Waals surface area contributed by atoms with Crippen molar-refractivity contribution >= 4 is 28.1 Å². The molecule has 0 bridgehead atoms. The molecule has 0 saturated heterocycles. The van der Waals surface area contributed by atoms with Crippen molar-refractivity contribution < 1.29 is 9.90 Å². The summed E-state index contributed by atoms with van der Waals surface area (Å²) in [6.07, 6.45) is 4.63. The molecular weight excluding hydrogens is 478 g/mol. The van der Waals surface area contributed by atoms with Crippen LogP contribution < -0.4 is 5.32 Å². The number of amides is 1. The Morgan fingerprint density at radius 1 is 0.973 bits per heavy atom. The fraction of sp³-hybridized carbons (Fsp3) is 0.226. The summed E-state index contributed by atoms with van der Waals surface area (Å²) in [5, 5.41) is 16.7. The van der Waals surface area contributed by atoms with Crippen LogP contribution in [0.3, 0.4) is 0 Å². The predicted molar refractivity (Wildman–Crippen MR) is 152 cm³/mol. The number of benzene rings is 3. The number of H-pyrrole nitrogens is 1. The van der Waals surface area contributed by atoms with Gasteiger partial charge in [-0.1, -0.05) is 29.3 Å². The molecule has 5 nitrogen and oxygen atoms in total. The second-order valence-electron chi connectivity index (χ2n) is 9.57. The van der Waals surface area contributed by atoms with Crippen molar-refractivity contribution in [2.45, 2.75) is 39.5 Å². The zero-order chi connectivity index (χ0) is 25.8. The lowest BCUT2D eigenvalue weighted by molar-refractivity contribution is -0.121. The highest BCUT2D eigenvalue weighted by Gasteiger charge is 2.16. The van der Waals surface area contributed by atoms with Crippen LogP contribution in [0.5, 0.6) is 5.75 Å². The number of phenols is 1. The van der Waals surface area contributed by atoms with Crippen LogP contribution in [0.2, 0.25) is 0 Å². The number of carbonyl (C=O) groups excluding carboxylic acids is 1. The summed E-state index contributed by atoms with van der Waals surface area (Å²) >= 11 is 1.64. The smallest absolute Gasteiger partial charge is 0.220 e. The third kappa shape index (κ3) is 5.92. The van der Waals surface area contributed by atoms with Gasteiger partial charge in [-0.2, -0.15) is 0 Å². The monoisotopic (exact) mass is 509 g/mol. The van der Waals surface area contributed by atoms with E-state index >= 15 is 0 Å². The van der Waals surface area contributed by atoms with E-state index in [4.69, 9.17) is 0 Å². The number of aryl methyl sites for hydroxylation is 3. The first kappa shape index (κ1) is 24.8. The van der Waals surface area contributed by atoms with Gasteiger partial charge in [-0.3, -0.25) is 4.79 Å². The number of aromatic amines is 1. The molecule has 188 valence electrons. The number of carbonyl (C=O) groups is 1. The lowest BCUT2D eigenvalue weighted by Crippen LogP contribution is -2.25. The number of nitrogens with one attached hydrogen (secondary N) is 2. The molecule has 6 heteroatoms. The highest BCUT2D eigenvalue weighted by atomic mass is 32.1. The number of nitrogens with zero attached hydrogens (tertiary/aromatic N) is 1. The van der Waals surface area contributed by atoms with Crippen molar-refractivity contribution in [1.29, 1.82) is 0 Å². The topological polar surface area (TPSA) is 78.0 Å². The van der Waals surface area contributed by atoms with Crippen LogP contribution in [0, 0.1) is 13.8 Å². The van der Waals surface area contributed by atoms with E-state index < -0.39 is 0 Å². The summed E-state index contributed by atoms with van der Waals surface area (Å²) in [5.74, 6) is 0.327. The van der Waals surface area contributed by atoms with Gasteiger partial charge in [-0.15, -0.1) is 11.3 Å². The molecule has 0 aliphatic carbocycles. The van der Waals surface area contributed by atoms with E-state index in [0.717, 1.165) is 46.6 Å². The van der Waals surface area contributed by atoms with Crippen molar-refractivity contribution in [1.82, 2.24) is 15.3 Å². The minimum absolute atomic E-state index is 0.0649. The second kappa shape index (κ2) is 11.0. The number of fused-ring (bicyclic) bond motifs is 1. The zero-order valence-corrected chi connectivity index (χ0v) is 22.0. The molecule has 0 unspecified atom stereocenters. The van der Waals surface area contributed by atoms with Crippen molar-refractivity contribution in [3.8, 4) is 27.6 Å². The van der Waals surface area contributed by atoms with Crippen LogP contribution in [0.15, 0.2) is 72.2 Å². The van der Waals surface area contributed by atoms with E-state index in [1.165, 1.54) is 27.6 Å². The Balaban J connectivity index is 1.33. The lowest BCUT2D eigenvalue weighted by Gasteiger charge is -2.09. The molecule has 0 aliphatic heterocycles. The molecule has 0 radical (unpaired) electrons. The average Bonchev–Trinajstić information content (AvgIpc) is 3.53. The van der Waals surface area contributed by atoms with E-state index in [1.54, 1.807) is 23.5 Å². The third-order valence-corrected chi connectivity index (χ3v) is 7.42. The normalized spacial score (nSPS) is 11.2. The highest BCUT2D eigenvalue weighted by Crippen LogP contribution is 2.34. The summed E-state index contributed by atoms with van der Waals surface area (Å²) < 4.78 is 0. The second-order valence-corrected chi connectivity index (χ2v) is 10.5. The van der Waals surface area contributed by atoms with E-state index in [-0.39, 0.29) is 11.7 Å². The van der Waals surface area contributed by atoms with Crippen molar-refractivity contribution in [2.24, 2.45) is 0 Å². The maximum Gasteiger partial charge on any atom is 0.220 e. The first-order valence-electron chi connectivity index (χ1n) is 12.6. The maximum absolute atomic E-state index is 12.6. The molecule has 5 rings (SSSR count). The molecule has 0 aliphatic rings. The van der Waals surface area contributed by atoms with Crippen molar-refractivity contribution in [3.63, 3.8) is 0 Å². The number of hydrogen-bond donors (Lipinski definition) is 3. The van der Waals surface area contributed by atoms with E-state index in [0.29, 0.717) is 13.0 Å². The van der Waals surface area contributed by atoms with Crippen LogP contribution in [-0.2, 0) is 17.6 Å². The van der Waals surface area contributed by atoms with Crippen LogP contribution in [0.25, 0.3) is 32.7 Å². The number of hydrogen-bond acceptors (Lipinski definition) is 4. The Labute approximate surface area is 221 Å². The van der Waals surface area contributed by atoms with Gasteiger partial charge >= 0.3 is 0 Å². The summed E-state index contributed by atoms with van der Waals surface area (Å²) in [4.78, 5) is 20.7. The van der Waals surface area contributed by atoms with E-state index in [1.807, 2.05) is 23.7 Å². The van der Waals surface area contributed by atoms with Gasteiger partial charge in [0.2, 0.25) is 5.91 Å². The molecule has 37 heavy (non-hydrogen) atoms. The van der Waals surface area contributed by atoms with Gasteiger partial charge in [0.05, 0.1) is 0 Å². The molecule has 3 N–H and O–H groups in total. The molecule has 0 atom stereocenters. The number of aromatic hydroxyl groups is 1. The molecule has 2 aromatic heterocycles. The van der Waals surface area contributed by atoms with Crippen molar-refractivity contribution in [3.05, 3.63) is 94.5 Å². The van der Waals surface area contributed by atoms with Crippen molar-refractivity contribution in [2.75, 3.05) is 6.54 Å². The zero-order valence-electron chi connectivity index (χ0n) is 21.2. The summed E-state index contributed by atoms with van der Waals surface area (Å²) in [7, 11) is 0. The largest absolute Gasteiger partial charge is 0.508 e. The average molecular weight is 510 g/mol. The fourth-order valence-corrected chi connectivity index (χ4v) is 5.54. The van der Waals surface area contributed by atoms with Crippen LogP contribution in [0.1, 0.15) is 35.1 Å². The Bertz CT molecular complexity index is 1500. The molecule has 1 amide bonds. The first-order valence-corrected chi connectivity index (χ1v) is 13.5. The summed E-state index contributed by atoms with van der Waals surface area (Å²) in [5.41, 5.74) is 9.26. The quantitative estimate of drug-likeness (QED) is 0.201. The molecule has 2 heterocycles. The number of aromatic nitrogens is 2. The van der Waals surface area contributed by atoms with E-state index in [2.05, 4.69) is 65.5 Å². The van der Waals surface area contributed by atoms with Gasteiger partial charge < -0.3 is 15.4 Å². The maximum atomic E-state index is 12.6. The lowest BCUT2D eigenvalue weighted by atomic mass is 9.99. The van der Waals surface area contributed by atoms with Crippen LogP contribution in [0.4, 0.5) is 0 Å². The Hall–Kier alpha value is -3.90. The summed E-state index contributed by atoms with van der Waals surface area (Å²) in [6, 6.07) is 20.2. The molecular formula is C31H31N3O2S. The fourth-order valence-electron chi connectivity index (χ4n) is 4.90. The highest BCUT2D eigenvalue weighted by molar-refractivity contribution is 7.13. The van der Waals surface area contributed by atoms with Crippen LogP contribution >= 0.6 is 11.3 Å². The van der Waals surface area contributed by atoms with Gasteiger partial charge in [0, 0.05) is 46.7 Å². The van der Waals surface area contributed by atoms with Crippen LogP contribution in [-0.4, -0.2) is 27.5 Å². The predicted octanol–water partition coefficient (Wildman–Crippen LogP) is 6.96. The Kier molecular flexibility index (Phi) is 7.37.